The lowest BCUT2D eigenvalue weighted by molar-refractivity contribution is -0.166. The van der Waals surface area contributed by atoms with Gasteiger partial charge in [0, 0.05) is 12.5 Å². The third kappa shape index (κ3) is 9.71. The molecule has 2 N–H and O–H groups in total. The molecule has 0 aliphatic heterocycles. The highest BCUT2D eigenvalue weighted by Gasteiger charge is 2.44. The van der Waals surface area contributed by atoms with E-state index >= 15 is 0 Å². The second-order valence-corrected chi connectivity index (χ2v) is 6.74. The summed E-state index contributed by atoms with van der Waals surface area (Å²) in [6, 6.07) is 3.52. The third-order valence-corrected chi connectivity index (χ3v) is 3.76. The summed E-state index contributed by atoms with van der Waals surface area (Å²) in [7, 11) is 0. The number of rotatable bonds is 11. The molecule has 0 aliphatic rings. The zero-order chi connectivity index (χ0) is 25.0. The molecule has 0 bridgehead atoms. The van der Waals surface area contributed by atoms with Crippen LogP contribution in [-0.2, 0) is 30.2 Å². The number of ether oxygens (including phenoxy) is 6. The van der Waals surface area contributed by atoms with Crippen LogP contribution >= 0.6 is 12.4 Å². The number of carboxylic acid groups (broad SMARTS) is 1. The van der Waals surface area contributed by atoms with Gasteiger partial charge in [0.15, 0.2) is 11.5 Å². The number of aliphatic carboxylic acids is 1. The summed E-state index contributed by atoms with van der Waals surface area (Å²) in [6.07, 6.45) is -3.68. The van der Waals surface area contributed by atoms with Crippen molar-refractivity contribution in [1.82, 2.24) is 5.32 Å². The number of nitrogens with one attached hydrogen (secondary N) is 1. The van der Waals surface area contributed by atoms with Crippen LogP contribution in [0.3, 0.4) is 0 Å². The summed E-state index contributed by atoms with van der Waals surface area (Å²) in [6.45, 7) is 8.08. The van der Waals surface area contributed by atoms with Crippen molar-refractivity contribution in [3.8, 4) is 11.5 Å². The van der Waals surface area contributed by atoms with Crippen molar-refractivity contribution in [2.24, 2.45) is 0 Å². The summed E-state index contributed by atoms with van der Waals surface area (Å²) >= 11 is 0. The number of hydrogen-bond acceptors (Lipinski definition) is 11. The Bertz CT molecular complexity index is 846. The number of halogens is 1. The van der Waals surface area contributed by atoms with Gasteiger partial charge in [0.1, 0.15) is 0 Å². The van der Waals surface area contributed by atoms with E-state index in [1.54, 1.807) is 34.6 Å². The molecule has 13 heteroatoms. The molecule has 0 unspecified atom stereocenters. The second kappa shape index (κ2) is 14.8. The molecule has 0 spiro atoms. The Hall–Kier alpha value is -3.25. The summed E-state index contributed by atoms with van der Waals surface area (Å²) in [5.41, 5.74) is -1.95. The fourth-order valence-corrected chi connectivity index (χ4v) is 2.64. The molecule has 1 atom stereocenters. The summed E-state index contributed by atoms with van der Waals surface area (Å²) in [4.78, 5) is 47.6. The summed E-state index contributed by atoms with van der Waals surface area (Å²) in [5.74, 6) is -1.89. The van der Waals surface area contributed by atoms with Crippen LogP contribution in [0.15, 0.2) is 18.2 Å². The van der Waals surface area contributed by atoms with Gasteiger partial charge in [-0.25, -0.2) is 19.2 Å². The molecule has 1 rings (SSSR count). The normalized spacial score (nSPS) is 11.9. The van der Waals surface area contributed by atoms with Gasteiger partial charge >= 0.3 is 24.4 Å². The first-order valence-electron chi connectivity index (χ1n) is 10.3. The summed E-state index contributed by atoms with van der Waals surface area (Å²) in [5, 5.41) is 12.6. The van der Waals surface area contributed by atoms with E-state index in [9.17, 15) is 24.3 Å². The van der Waals surface area contributed by atoms with Crippen LogP contribution in [0, 0.1) is 0 Å². The van der Waals surface area contributed by atoms with Crippen molar-refractivity contribution >= 4 is 36.8 Å². The molecule has 192 valence electrons. The minimum atomic E-state index is -2.20. The van der Waals surface area contributed by atoms with Gasteiger partial charge < -0.3 is 33.5 Å². The second-order valence-electron chi connectivity index (χ2n) is 6.74. The van der Waals surface area contributed by atoms with Crippen LogP contribution in [0.25, 0.3) is 0 Å². The SMILES string of the molecule is CCOC(=O)Oc1ccc(C[C@](NC(C)C)(OC(=O)OCC)C(=O)O)cc1OC(=O)OCC.Cl. The van der Waals surface area contributed by atoms with Crippen LogP contribution in [0.5, 0.6) is 11.5 Å². The molecular formula is C21H30ClNO11. The van der Waals surface area contributed by atoms with E-state index in [-0.39, 0.29) is 49.3 Å². The molecule has 0 aromatic heterocycles. The number of benzene rings is 1. The van der Waals surface area contributed by atoms with Crippen molar-refractivity contribution < 1.29 is 52.7 Å². The molecular weight excluding hydrogens is 478 g/mol. The van der Waals surface area contributed by atoms with Gasteiger partial charge in [0.2, 0.25) is 0 Å². The van der Waals surface area contributed by atoms with Gasteiger partial charge in [-0.1, -0.05) is 6.07 Å². The number of carbonyl (C=O) groups is 4. The van der Waals surface area contributed by atoms with Crippen LogP contribution < -0.4 is 14.8 Å². The maximum atomic E-state index is 12.1. The van der Waals surface area contributed by atoms with E-state index in [2.05, 4.69) is 5.32 Å². The lowest BCUT2D eigenvalue weighted by Crippen LogP contribution is -2.59. The quantitative estimate of drug-likeness (QED) is 0.194. The first-order chi connectivity index (χ1) is 15.6. The third-order valence-electron chi connectivity index (χ3n) is 3.76. The van der Waals surface area contributed by atoms with Gasteiger partial charge in [0.05, 0.1) is 19.8 Å². The molecule has 0 radical (unpaired) electrons. The number of carbonyl (C=O) groups excluding carboxylic acids is 3. The average molecular weight is 508 g/mol. The van der Waals surface area contributed by atoms with Crippen molar-refractivity contribution in [2.75, 3.05) is 19.8 Å². The number of hydrogen-bond donors (Lipinski definition) is 2. The monoisotopic (exact) mass is 507 g/mol. The van der Waals surface area contributed by atoms with Gasteiger partial charge in [-0.3, -0.25) is 5.32 Å². The van der Waals surface area contributed by atoms with E-state index in [1.165, 1.54) is 18.2 Å². The fourth-order valence-electron chi connectivity index (χ4n) is 2.64. The Labute approximate surface area is 203 Å². The highest BCUT2D eigenvalue weighted by Crippen LogP contribution is 2.31. The minimum absolute atomic E-state index is 0. The lowest BCUT2D eigenvalue weighted by Gasteiger charge is -2.31. The maximum Gasteiger partial charge on any atom is 0.513 e. The highest BCUT2D eigenvalue weighted by atomic mass is 35.5. The molecule has 0 aliphatic carbocycles. The Kier molecular flexibility index (Phi) is 13.4. The average Bonchev–Trinajstić information content (AvgIpc) is 2.69. The summed E-state index contributed by atoms with van der Waals surface area (Å²) < 4.78 is 29.4. The first-order valence-corrected chi connectivity index (χ1v) is 10.3. The highest BCUT2D eigenvalue weighted by molar-refractivity contribution is 5.85. The van der Waals surface area contributed by atoms with Crippen LogP contribution in [-0.4, -0.2) is 61.1 Å². The fraction of sp³-hybridized carbons (Fsp3) is 0.524. The van der Waals surface area contributed by atoms with Gasteiger partial charge in [0.25, 0.3) is 5.72 Å². The van der Waals surface area contributed by atoms with Gasteiger partial charge in [-0.15, -0.1) is 12.4 Å². The van der Waals surface area contributed by atoms with Crippen LogP contribution in [0.4, 0.5) is 14.4 Å². The molecule has 0 saturated carbocycles. The van der Waals surface area contributed by atoms with E-state index in [4.69, 9.17) is 28.4 Å². The van der Waals surface area contributed by atoms with Gasteiger partial charge in [-0.2, -0.15) is 0 Å². The first kappa shape index (κ1) is 30.8. The predicted octanol–water partition coefficient (Wildman–Crippen LogP) is 3.67. The number of carboxylic acids is 1. The minimum Gasteiger partial charge on any atom is -0.477 e. The van der Waals surface area contributed by atoms with Crippen LogP contribution in [0.1, 0.15) is 40.2 Å². The molecule has 0 saturated heterocycles. The van der Waals surface area contributed by atoms with Crippen molar-refractivity contribution in [2.45, 2.75) is 52.8 Å². The van der Waals surface area contributed by atoms with E-state index in [0.717, 1.165) is 0 Å². The van der Waals surface area contributed by atoms with E-state index < -0.39 is 42.6 Å². The molecule has 0 amide bonds. The molecule has 12 nitrogen and oxygen atoms in total. The maximum absolute atomic E-state index is 12.1. The van der Waals surface area contributed by atoms with E-state index in [0.29, 0.717) is 0 Å². The van der Waals surface area contributed by atoms with Crippen LogP contribution in [0.2, 0.25) is 0 Å². The zero-order valence-corrected chi connectivity index (χ0v) is 20.4. The van der Waals surface area contributed by atoms with E-state index in [1.807, 2.05) is 0 Å². The standard InChI is InChI=1S/C21H29NO11.ClH/c1-6-28-18(25)31-15-10-9-14(11-16(15)32-19(26)29-7-2)12-21(17(23)24,22-13(4)5)33-20(27)30-8-3;/h9-11,13,22H,6-8,12H2,1-5H3,(H,23,24);1H/t21-;/m0./s1. The Morgan fingerprint density at radius 2 is 1.38 bits per heavy atom. The van der Waals surface area contributed by atoms with Crippen molar-refractivity contribution in [1.29, 1.82) is 0 Å². The molecule has 1 aromatic rings. The zero-order valence-electron chi connectivity index (χ0n) is 19.6. The molecule has 0 heterocycles. The molecule has 34 heavy (non-hydrogen) atoms. The Balaban J connectivity index is 0.0000109. The predicted molar refractivity (Wildman–Crippen MR) is 119 cm³/mol. The van der Waals surface area contributed by atoms with Gasteiger partial charge in [-0.05, 0) is 52.3 Å². The largest absolute Gasteiger partial charge is 0.513 e. The van der Waals surface area contributed by atoms with Crippen molar-refractivity contribution in [3.05, 3.63) is 23.8 Å². The smallest absolute Gasteiger partial charge is 0.477 e. The lowest BCUT2D eigenvalue weighted by atomic mass is 10.0. The topological polar surface area (TPSA) is 156 Å². The Morgan fingerprint density at radius 1 is 0.882 bits per heavy atom. The van der Waals surface area contributed by atoms with Crippen molar-refractivity contribution in [3.63, 3.8) is 0 Å². The Morgan fingerprint density at radius 3 is 1.85 bits per heavy atom. The molecule has 0 fully saturated rings. The molecule has 1 aromatic carbocycles.